The Morgan fingerprint density at radius 3 is 2.76 bits per heavy atom. The minimum atomic E-state index is -3.56. The molecule has 1 atom stereocenters. The predicted octanol–water partition coefficient (Wildman–Crippen LogP) is 3.47. The first-order valence-corrected chi connectivity index (χ1v) is 10.7. The molecule has 0 spiro atoms. The van der Waals surface area contributed by atoms with Crippen LogP contribution < -0.4 is 0 Å². The van der Waals surface area contributed by atoms with Crippen molar-refractivity contribution in [2.75, 3.05) is 12.3 Å². The number of likely N-dealkylation sites (tertiary alicyclic amines) is 1. The van der Waals surface area contributed by atoms with Crippen LogP contribution >= 0.6 is 11.3 Å². The molecule has 1 saturated heterocycles. The van der Waals surface area contributed by atoms with Gasteiger partial charge in [0.15, 0.2) is 0 Å². The molecule has 0 bridgehead atoms. The molecule has 1 aromatic heterocycles. The molecule has 2 aromatic rings. The fourth-order valence-corrected chi connectivity index (χ4v) is 5.79. The van der Waals surface area contributed by atoms with Gasteiger partial charge in [0, 0.05) is 12.6 Å². The van der Waals surface area contributed by atoms with E-state index in [0.29, 0.717) is 18.5 Å². The van der Waals surface area contributed by atoms with Gasteiger partial charge < -0.3 is 9.64 Å². The second-order valence-corrected chi connectivity index (χ2v) is 10.4. The molecule has 25 heavy (non-hydrogen) atoms. The van der Waals surface area contributed by atoms with Crippen LogP contribution in [0.3, 0.4) is 0 Å². The second kappa shape index (κ2) is 6.57. The highest BCUT2D eigenvalue weighted by atomic mass is 32.2. The van der Waals surface area contributed by atoms with E-state index >= 15 is 0 Å². The number of hydrogen-bond donors (Lipinski definition) is 0. The van der Waals surface area contributed by atoms with E-state index in [1.807, 2.05) is 18.2 Å². The van der Waals surface area contributed by atoms with E-state index in [4.69, 9.17) is 4.74 Å². The van der Waals surface area contributed by atoms with Crippen molar-refractivity contribution in [3.63, 3.8) is 0 Å². The number of rotatable bonds is 3. The summed E-state index contributed by atoms with van der Waals surface area (Å²) in [6.07, 6.45) is 0.984. The molecule has 0 radical (unpaired) electrons. The molecule has 1 amide bonds. The van der Waals surface area contributed by atoms with Crippen LogP contribution in [0.4, 0.5) is 4.79 Å². The van der Waals surface area contributed by atoms with Gasteiger partial charge >= 0.3 is 6.09 Å². The Labute approximate surface area is 151 Å². The summed E-state index contributed by atoms with van der Waals surface area (Å²) in [5.41, 5.74) is 0.0809. The van der Waals surface area contributed by atoms with Crippen LogP contribution in [-0.4, -0.2) is 48.3 Å². The lowest BCUT2D eigenvalue weighted by atomic mass is 10.2. The van der Waals surface area contributed by atoms with Gasteiger partial charge in [-0.15, -0.1) is 11.3 Å². The number of hydrogen-bond acceptors (Lipinski definition) is 6. The molecule has 0 N–H and O–H groups in total. The van der Waals surface area contributed by atoms with E-state index in [-0.39, 0.29) is 16.1 Å². The van der Waals surface area contributed by atoms with Crippen molar-refractivity contribution in [3.05, 3.63) is 24.3 Å². The summed E-state index contributed by atoms with van der Waals surface area (Å²) in [6, 6.07) is 6.98. The Hall–Kier alpha value is -1.67. The summed E-state index contributed by atoms with van der Waals surface area (Å²) in [6.45, 7) is 5.92. The van der Waals surface area contributed by atoms with E-state index in [1.165, 1.54) is 16.2 Å². The highest BCUT2D eigenvalue weighted by Gasteiger charge is 2.36. The number of amides is 1. The lowest BCUT2D eigenvalue weighted by molar-refractivity contribution is 0.0241. The average Bonchev–Trinajstić information content (AvgIpc) is 3.11. The van der Waals surface area contributed by atoms with Crippen molar-refractivity contribution in [3.8, 4) is 0 Å². The first kappa shape index (κ1) is 18.1. The maximum absolute atomic E-state index is 12.8. The van der Waals surface area contributed by atoms with E-state index in [1.54, 1.807) is 26.8 Å². The van der Waals surface area contributed by atoms with Crippen LogP contribution in [0, 0.1) is 0 Å². The van der Waals surface area contributed by atoms with E-state index in [9.17, 15) is 13.2 Å². The fourth-order valence-electron chi connectivity index (χ4n) is 2.88. The Morgan fingerprint density at radius 1 is 1.36 bits per heavy atom. The number of para-hydroxylation sites is 1. The molecule has 136 valence electrons. The number of carbonyl (C=O) groups excluding carboxylic acids is 1. The third-order valence-electron chi connectivity index (χ3n) is 3.96. The topological polar surface area (TPSA) is 76.6 Å². The third-order valence-corrected chi connectivity index (χ3v) is 7.25. The van der Waals surface area contributed by atoms with Gasteiger partial charge in [-0.3, -0.25) is 0 Å². The average molecular weight is 383 g/mol. The number of sulfone groups is 1. The maximum atomic E-state index is 12.8. The van der Waals surface area contributed by atoms with Gasteiger partial charge in [0.05, 0.1) is 16.0 Å². The van der Waals surface area contributed by atoms with Crippen molar-refractivity contribution in [1.29, 1.82) is 0 Å². The number of fused-ring (bicyclic) bond motifs is 1. The molecule has 1 aliphatic heterocycles. The monoisotopic (exact) mass is 382 g/mol. The van der Waals surface area contributed by atoms with Crippen molar-refractivity contribution in [2.24, 2.45) is 0 Å². The fraction of sp³-hybridized carbons (Fsp3) is 0.529. The minimum absolute atomic E-state index is 0.115. The normalized spacial score (nSPS) is 18.7. The van der Waals surface area contributed by atoms with Crippen LogP contribution in [0.25, 0.3) is 10.2 Å². The summed E-state index contributed by atoms with van der Waals surface area (Å²) in [5.74, 6) is -0.119. The molecule has 1 aliphatic rings. The lowest BCUT2D eigenvalue weighted by Gasteiger charge is -2.28. The third kappa shape index (κ3) is 4.12. The Bertz CT molecular complexity index is 850. The van der Waals surface area contributed by atoms with E-state index in [0.717, 1.165) is 11.1 Å². The Kier molecular flexibility index (Phi) is 4.76. The molecule has 6 nitrogen and oxygen atoms in total. The van der Waals surface area contributed by atoms with E-state index < -0.39 is 21.5 Å². The number of ether oxygens (including phenoxy) is 1. The zero-order valence-corrected chi connectivity index (χ0v) is 16.2. The molecule has 0 saturated carbocycles. The molecule has 2 heterocycles. The zero-order chi connectivity index (χ0) is 18.2. The number of aromatic nitrogens is 1. The summed E-state index contributed by atoms with van der Waals surface area (Å²) in [7, 11) is -3.56. The molecule has 0 unspecified atom stereocenters. The van der Waals surface area contributed by atoms with Gasteiger partial charge in [0.2, 0.25) is 14.2 Å². The maximum Gasteiger partial charge on any atom is 0.410 e. The van der Waals surface area contributed by atoms with Crippen LogP contribution in [0.5, 0.6) is 0 Å². The van der Waals surface area contributed by atoms with Crippen molar-refractivity contribution < 1.29 is 17.9 Å². The van der Waals surface area contributed by atoms with Crippen molar-refractivity contribution in [1.82, 2.24) is 9.88 Å². The molecular weight excluding hydrogens is 360 g/mol. The zero-order valence-electron chi connectivity index (χ0n) is 14.6. The molecule has 0 aliphatic carbocycles. The van der Waals surface area contributed by atoms with Crippen LogP contribution in [0.1, 0.15) is 33.6 Å². The van der Waals surface area contributed by atoms with Crippen molar-refractivity contribution in [2.45, 2.75) is 49.6 Å². The van der Waals surface area contributed by atoms with Crippen LogP contribution in [-0.2, 0) is 14.6 Å². The number of nitrogens with zero attached hydrogens (tertiary/aromatic N) is 2. The number of carbonyl (C=O) groups is 1. The molecule has 1 fully saturated rings. The van der Waals surface area contributed by atoms with Crippen LogP contribution in [0.2, 0.25) is 0 Å². The quantitative estimate of drug-likeness (QED) is 0.812. The van der Waals surface area contributed by atoms with Gasteiger partial charge in [0.25, 0.3) is 0 Å². The first-order valence-electron chi connectivity index (χ1n) is 8.24. The summed E-state index contributed by atoms with van der Waals surface area (Å²) >= 11 is 1.17. The molecular formula is C17H22N2O4S2. The summed E-state index contributed by atoms with van der Waals surface area (Å²) in [4.78, 5) is 18.1. The predicted molar refractivity (Wildman–Crippen MR) is 97.6 cm³/mol. The smallest absolute Gasteiger partial charge is 0.410 e. The Morgan fingerprint density at radius 2 is 2.08 bits per heavy atom. The lowest BCUT2D eigenvalue weighted by Crippen LogP contribution is -2.42. The van der Waals surface area contributed by atoms with Crippen LogP contribution in [0.15, 0.2) is 28.6 Å². The number of benzene rings is 1. The summed E-state index contributed by atoms with van der Waals surface area (Å²) in [5, 5.41) is 0. The second-order valence-electron chi connectivity index (χ2n) is 7.20. The SMILES string of the molecule is CC(C)(C)OC(=O)N1CCC[C@@H]1CS(=O)(=O)c1nc2ccccc2s1. The first-order chi connectivity index (χ1) is 11.7. The number of thiazole rings is 1. The molecule has 1 aromatic carbocycles. The highest BCUT2D eigenvalue weighted by molar-refractivity contribution is 7.93. The van der Waals surface area contributed by atoms with Gasteiger partial charge in [-0.2, -0.15) is 0 Å². The van der Waals surface area contributed by atoms with Gasteiger partial charge in [0.1, 0.15) is 5.60 Å². The summed E-state index contributed by atoms with van der Waals surface area (Å²) < 4.78 is 31.9. The largest absolute Gasteiger partial charge is 0.444 e. The Balaban J connectivity index is 1.78. The van der Waals surface area contributed by atoms with Crippen molar-refractivity contribution >= 4 is 37.5 Å². The van der Waals surface area contributed by atoms with Gasteiger partial charge in [-0.1, -0.05) is 12.1 Å². The van der Waals surface area contributed by atoms with Gasteiger partial charge in [-0.05, 0) is 45.7 Å². The van der Waals surface area contributed by atoms with Gasteiger partial charge in [-0.25, -0.2) is 18.2 Å². The minimum Gasteiger partial charge on any atom is -0.444 e. The molecule has 3 rings (SSSR count). The standard InChI is InChI=1S/C17H22N2O4S2/c1-17(2,3)23-16(20)19-10-6-7-12(19)11-25(21,22)15-18-13-8-4-5-9-14(13)24-15/h4-5,8-9,12H,6-7,10-11H2,1-3H3/t12-/m1/s1. The highest BCUT2D eigenvalue weighted by Crippen LogP contribution is 2.29. The molecule has 8 heteroatoms. The van der Waals surface area contributed by atoms with E-state index in [2.05, 4.69) is 4.98 Å².